The van der Waals surface area contributed by atoms with Crippen molar-refractivity contribution in [1.82, 2.24) is 0 Å². The van der Waals surface area contributed by atoms with E-state index in [1.54, 1.807) is 41.3 Å². The van der Waals surface area contributed by atoms with Crippen molar-refractivity contribution in [2.75, 3.05) is 18.1 Å². The molecule has 0 aliphatic rings. The van der Waals surface area contributed by atoms with Crippen LogP contribution in [0.15, 0.2) is 83.3 Å². The highest BCUT2D eigenvalue weighted by atomic mass is 35.5. The Bertz CT molecular complexity index is 1320. The number of halogens is 1. The molecule has 0 fully saturated rings. The number of hydrogen-bond acceptors (Lipinski definition) is 6. The number of rotatable bonds is 10. The summed E-state index contributed by atoms with van der Waals surface area (Å²) < 4.78 is 28.3. The number of carbonyl (C=O) groups excluding carboxylic acids is 1. The molecule has 0 aliphatic carbocycles. The van der Waals surface area contributed by atoms with Crippen molar-refractivity contribution in [3.8, 4) is 11.5 Å². The highest BCUT2D eigenvalue weighted by Gasteiger charge is 2.22. The molecule has 0 spiro atoms. The zero-order valence-corrected chi connectivity index (χ0v) is 20.7. The summed E-state index contributed by atoms with van der Waals surface area (Å²) in [5.41, 5.74) is 0.227. The molecule has 2 aromatic carbocycles. The van der Waals surface area contributed by atoms with Crippen LogP contribution in [0.4, 0.5) is 5.69 Å². The van der Waals surface area contributed by atoms with Crippen LogP contribution in [-0.2, 0) is 15.9 Å². The minimum Gasteiger partial charge on any atom is -0.457 e. The van der Waals surface area contributed by atoms with E-state index in [4.69, 9.17) is 35.3 Å². The maximum atomic E-state index is 13.2. The Morgan fingerprint density at radius 3 is 2.31 bits per heavy atom. The van der Waals surface area contributed by atoms with Gasteiger partial charge in [-0.15, -0.1) is 11.3 Å². The molecule has 0 aliphatic heterocycles. The van der Waals surface area contributed by atoms with Crippen molar-refractivity contribution >= 4 is 47.6 Å². The standard InChI is InChI=1S/C24H21ClNO7PS/c25-22-12-11-21(35-22)24(27)26(14-15-31-16-20-10-13-23(33-20)34(28,29)30)17-6-8-19(9-7-17)32-18-4-2-1-3-5-18/h1-13H,14-16H2,(H2,28,29,30). The van der Waals surface area contributed by atoms with Gasteiger partial charge < -0.3 is 28.6 Å². The Balaban J connectivity index is 1.43. The number of nitrogens with zero attached hydrogens (tertiary/aromatic N) is 1. The van der Waals surface area contributed by atoms with E-state index in [1.165, 1.54) is 23.5 Å². The largest absolute Gasteiger partial charge is 0.457 e. The van der Waals surface area contributed by atoms with Gasteiger partial charge in [0.25, 0.3) is 5.91 Å². The molecule has 0 unspecified atom stereocenters. The summed E-state index contributed by atoms with van der Waals surface area (Å²) in [5.74, 6) is 1.37. The molecule has 0 saturated heterocycles. The van der Waals surface area contributed by atoms with E-state index in [2.05, 4.69) is 0 Å². The van der Waals surface area contributed by atoms with Crippen molar-refractivity contribution in [3.63, 3.8) is 0 Å². The molecular weight excluding hydrogens is 513 g/mol. The van der Waals surface area contributed by atoms with Crippen molar-refractivity contribution in [1.29, 1.82) is 0 Å². The van der Waals surface area contributed by atoms with E-state index in [9.17, 15) is 9.36 Å². The predicted octanol–water partition coefficient (Wildman–Crippen LogP) is 5.45. The second-order valence-electron chi connectivity index (χ2n) is 7.31. The van der Waals surface area contributed by atoms with E-state index in [1.807, 2.05) is 30.3 Å². The minimum atomic E-state index is -4.46. The summed E-state index contributed by atoms with van der Waals surface area (Å²) in [5, 5.41) is 0. The third-order valence-corrected chi connectivity index (χ3v) is 6.83. The number of furan rings is 1. The molecule has 2 N–H and O–H groups in total. The number of carbonyl (C=O) groups is 1. The fourth-order valence-corrected chi connectivity index (χ4v) is 4.66. The van der Waals surface area contributed by atoms with Crippen LogP contribution in [0.25, 0.3) is 0 Å². The number of para-hydroxylation sites is 1. The summed E-state index contributed by atoms with van der Waals surface area (Å²) in [6.45, 7) is 0.370. The van der Waals surface area contributed by atoms with Gasteiger partial charge in [0.2, 0.25) is 5.50 Å². The maximum absolute atomic E-state index is 13.2. The number of ether oxygens (including phenoxy) is 2. The smallest absolute Gasteiger partial charge is 0.391 e. The van der Waals surface area contributed by atoms with Gasteiger partial charge in [-0.2, -0.15) is 0 Å². The van der Waals surface area contributed by atoms with Gasteiger partial charge in [-0.3, -0.25) is 9.36 Å². The lowest BCUT2D eigenvalue weighted by Gasteiger charge is -2.22. The molecule has 0 bridgehead atoms. The Morgan fingerprint density at radius 2 is 1.69 bits per heavy atom. The Morgan fingerprint density at radius 1 is 0.971 bits per heavy atom. The number of hydrogen-bond donors (Lipinski definition) is 2. The van der Waals surface area contributed by atoms with Crippen LogP contribution >= 0.6 is 30.5 Å². The number of anilines is 1. The molecule has 11 heteroatoms. The average molecular weight is 534 g/mol. The van der Waals surface area contributed by atoms with Crippen LogP contribution in [0, 0.1) is 0 Å². The first-order valence-electron chi connectivity index (χ1n) is 10.4. The molecule has 4 rings (SSSR count). The first kappa shape index (κ1) is 25.2. The van der Waals surface area contributed by atoms with Crippen molar-refractivity contribution in [2.45, 2.75) is 6.61 Å². The van der Waals surface area contributed by atoms with Gasteiger partial charge >= 0.3 is 7.60 Å². The third kappa shape index (κ3) is 6.82. The minimum absolute atomic E-state index is 0.00326. The molecule has 1 amide bonds. The van der Waals surface area contributed by atoms with Gasteiger partial charge in [0.05, 0.1) is 15.8 Å². The van der Waals surface area contributed by atoms with Crippen LogP contribution < -0.4 is 15.1 Å². The summed E-state index contributed by atoms with van der Waals surface area (Å²) in [7, 11) is -4.46. The number of benzene rings is 2. The topological polar surface area (TPSA) is 109 Å². The summed E-state index contributed by atoms with van der Waals surface area (Å²) >= 11 is 7.21. The Labute approximate surface area is 210 Å². The average Bonchev–Trinajstić information content (AvgIpc) is 3.49. The summed E-state index contributed by atoms with van der Waals surface area (Å²) in [6.07, 6.45) is 0. The molecule has 0 radical (unpaired) electrons. The first-order valence-corrected chi connectivity index (χ1v) is 13.2. The molecule has 2 aromatic heterocycles. The van der Waals surface area contributed by atoms with E-state index in [-0.39, 0.29) is 31.4 Å². The molecule has 0 atom stereocenters. The Kier molecular flexibility index (Phi) is 8.07. The lowest BCUT2D eigenvalue weighted by molar-refractivity contribution is 0.0933. The highest BCUT2D eigenvalue weighted by Crippen LogP contribution is 2.34. The van der Waals surface area contributed by atoms with Gasteiger partial charge in [0.15, 0.2) is 0 Å². The highest BCUT2D eigenvalue weighted by molar-refractivity contribution is 7.59. The number of thiophene rings is 1. The first-order chi connectivity index (χ1) is 16.8. The second kappa shape index (κ2) is 11.2. The van der Waals surface area contributed by atoms with Crippen LogP contribution in [-0.4, -0.2) is 28.8 Å². The number of amides is 1. The summed E-state index contributed by atoms with van der Waals surface area (Å²) in [4.78, 5) is 33.6. The van der Waals surface area contributed by atoms with Crippen LogP contribution in [0.2, 0.25) is 4.34 Å². The lowest BCUT2D eigenvalue weighted by atomic mass is 10.2. The SMILES string of the molecule is O=C(c1ccc(Cl)s1)N(CCOCc1ccc(P(=O)(O)O)o1)c1ccc(Oc2ccccc2)cc1. The van der Waals surface area contributed by atoms with Crippen LogP contribution in [0.1, 0.15) is 15.4 Å². The van der Waals surface area contributed by atoms with E-state index in [0.29, 0.717) is 26.4 Å². The van der Waals surface area contributed by atoms with Crippen molar-refractivity contribution in [3.05, 3.63) is 93.8 Å². The molecule has 182 valence electrons. The maximum Gasteiger partial charge on any atom is 0.391 e. The van der Waals surface area contributed by atoms with Gasteiger partial charge in [0, 0.05) is 12.2 Å². The van der Waals surface area contributed by atoms with Crippen molar-refractivity contribution < 1.29 is 33.0 Å². The molecule has 2 heterocycles. The molecule has 8 nitrogen and oxygen atoms in total. The fraction of sp³-hybridized carbons (Fsp3) is 0.125. The second-order valence-corrected chi connectivity index (χ2v) is 10.6. The van der Waals surface area contributed by atoms with Gasteiger partial charge in [-0.1, -0.05) is 29.8 Å². The van der Waals surface area contributed by atoms with Gasteiger partial charge in [-0.25, -0.2) is 0 Å². The van der Waals surface area contributed by atoms with Gasteiger partial charge in [0.1, 0.15) is 23.9 Å². The zero-order valence-electron chi connectivity index (χ0n) is 18.2. The molecule has 4 aromatic rings. The summed E-state index contributed by atoms with van der Waals surface area (Å²) in [6, 6.07) is 22.5. The van der Waals surface area contributed by atoms with Crippen LogP contribution in [0.3, 0.4) is 0 Å². The molecule has 35 heavy (non-hydrogen) atoms. The van der Waals surface area contributed by atoms with E-state index in [0.717, 1.165) is 0 Å². The predicted molar refractivity (Wildman–Crippen MR) is 134 cm³/mol. The molecular formula is C24H21ClNO7PS. The lowest BCUT2D eigenvalue weighted by Crippen LogP contribution is -2.33. The van der Waals surface area contributed by atoms with E-state index < -0.39 is 13.1 Å². The fourth-order valence-electron chi connectivity index (χ4n) is 3.16. The quantitative estimate of drug-likeness (QED) is 0.206. The third-order valence-electron chi connectivity index (χ3n) is 4.79. The van der Waals surface area contributed by atoms with Crippen LogP contribution in [0.5, 0.6) is 11.5 Å². The Hall–Kier alpha value is -2.91. The van der Waals surface area contributed by atoms with E-state index >= 15 is 0 Å². The molecule has 0 saturated carbocycles. The van der Waals surface area contributed by atoms with Crippen molar-refractivity contribution in [2.24, 2.45) is 0 Å². The monoisotopic (exact) mass is 533 g/mol. The van der Waals surface area contributed by atoms with Gasteiger partial charge in [-0.05, 0) is 60.7 Å². The normalized spacial score (nSPS) is 11.4. The zero-order chi connectivity index (χ0) is 24.8.